The van der Waals surface area contributed by atoms with Crippen molar-refractivity contribution < 1.29 is 0 Å². The van der Waals surface area contributed by atoms with Crippen LogP contribution in [0.3, 0.4) is 0 Å². The Labute approximate surface area is 829 Å². The molecule has 0 radical (unpaired) electrons. The van der Waals surface area contributed by atoms with Crippen LogP contribution >= 0.6 is 0 Å². The number of anilines is 9. The van der Waals surface area contributed by atoms with Crippen LogP contribution in [0.25, 0.3) is 174 Å². The molecule has 0 N–H and O–H groups in total. The lowest BCUT2D eigenvalue weighted by molar-refractivity contribution is 0.660. The Morgan fingerprint density at radius 3 is 0.704 bits per heavy atom. The molecule has 0 aliphatic heterocycles. The van der Waals surface area contributed by atoms with E-state index in [9.17, 15) is 0 Å². The first-order chi connectivity index (χ1) is 69.6. The van der Waals surface area contributed by atoms with Crippen molar-refractivity contribution in [3.05, 3.63) is 537 Å². The Balaban J connectivity index is 0.000000109. The van der Waals surface area contributed by atoms with E-state index in [1.54, 1.807) is 0 Å². The molecule has 28 rings (SSSR count). The highest BCUT2D eigenvalue weighted by Crippen LogP contribution is 2.57. The number of benzene rings is 25. The third-order valence-electron chi connectivity index (χ3n) is 31.0. The summed E-state index contributed by atoms with van der Waals surface area (Å²) in [6, 6.07) is 186. The van der Waals surface area contributed by atoms with Crippen LogP contribution in [0.2, 0.25) is 0 Å². The molecular weight excluding hydrogens is 1710 g/mol. The van der Waals surface area contributed by atoms with Crippen LogP contribution in [0.15, 0.2) is 504 Å². The summed E-state index contributed by atoms with van der Waals surface area (Å²) in [7, 11) is 0. The molecule has 0 amide bonds. The van der Waals surface area contributed by atoms with Crippen molar-refractivity contribution in [2.45, 2.75) is 57.8 Å². The fraction of sp³-hybridized carbons (Fsp3) is 0.0647. The standard InChI is InChI=1S/C49H35N.2C45H33N/c1-49(2)46-18-10-9-16-43(46)44-26-25-40(31-47(44)49)50(48-30-37-13-5-6-14-41(37)42-15-7-8-17-45(42)48)39-24-23-33-20-22-36(28-38(33)29-39)35-21-19-32-11-3-4-12-34(32)27-35;1-45(2)42-19-11-10-17-39(42)40-25-24-36(29-43(40)45)46(44-28-34-14-6-7-15-37(34)38-16-8-9-18-41(38)44)35-23-22-32-26-31(20-21-33(32)27-35)30-12-4-3-5-13-30;1-45(2)42-19-11-10-17-39(42)40-25-24-36(29-43(40)45)46(44-28-33-14-6-7-15-37(33)38-16-8-9-18-41(38)44)35-23-22-31-20-21-32(26-34(31)27-35)30-12-4-3-5-13-30/h3-31H,1-2H3;2*3-29H,1-2H3. The highest BCUT2D eigenvalue weighted by Gasteiger charge is 2.40. The molecule has 25 aromatic carbocycles. The number of nitrogens with zero attached hydrogens (tertiary/aromatic N) is 3. The van der Waals surface area contributed by atoms with Crippen LogP contribution in [-0.2, 0) is 16.2 Å². The lowest BCUT2D eigenvalue weighted by Crippen LogP contribution is -2.16. The smallest absolute Gasteiger partial charge is 0.0546 e. The van der Waals surface area contributed by atoms with Crippen molar-refractivity contribution in [3.8, 4) is 66.8 Å². The molecule has 25 aromatic rings. The van der Waals surface area contributed by atoms with Gasteiger partial charge in [-0.1, -0.05) is 430 Å². The first kappa shape index (κ1) is 85.0. The van der Waals surface area contributed by atoms with E-state index in [4.69, 9.17) is 0 Å². The molecule has 0 aromatic heterocycles. The minimum absolute atomic E-state index is 0.0870. The van der Waals surface area contributed by atoms with Gasteiger partial charge in [0.2, 0.25) is 0 Å². The minimum atomic E-state index is -0.1000. The van der Waals surface area contributed by atoms with Gasteiger partial charge in [0, 0.05) is 66.5 Å². The summed E-state index contributed by atoms with van der Waals surface area (Å²) in [5.41, 5.74) is 33.9. The molecule has 142 heavy (non-hydrogen) atoms. The monoisotopic (exact) mass is 1810 g/mol. The van der Waals surface area contributed by atoms with E-state index < -0.39 is 0 Å². The first-order valence-corrected chi connectivity index (χ1v) is 49.7. The van der Waals surface area contributed by atoms with Gasteiger partial charge < -0.3 is 14.7 Å². The number of rotatable bonds is 12. The van der Waals surface area contributed by atoms with E-state index in [0.29, 0.717) is 0 Å². The second kappa shape index (κ2) is 34.0. The van der Waals surface area contributed by atoms with Gasteiger partial charge in [-0.15, -0.1) is 0 Å². The number of hydrogen-bond acceptors (Lipinski definition) is 3. The Kier molecular flexibility index (Phi) is 20.3. The molecule has 3 aliphatic rings. The predicted molar refractivity (Wildman–Crippen MR) is 607 cm³/mol. The van der Waals surface area contributed by atoms with E-state index in [1.807, 2.05) is 0 Å². The summed E-state index contributed by atoms with van der Waals surface area (Å²) < 4.78 is 0. The topological polar surface area (TPSA) is 9.72 Å². The van der Waals surface area contributed by atoms with Crippen LogP contribution in [-0.4, -0.2) is 0 Å². The molecule has 0 unspecified atom stereocenters. The lowest BCUT2D eigenvalue weighted by atomic mass is 9.82. The fourth-order valence-corrected chi connectivity index (χ4v) is 23.7. The second-order valence-corrected chi connectivity index (χ2v) is 40.2. The predicted octanol–water partition coefficient (Wildman–Crippen LogP) is 38.9. The summed E-state index contributed by atoms with van der Waals surface area (Å²) in [6.07, 6.45) is 0. The quantitative estimate of drug-likeness (QED) is 0.113. The Bertz CT molecular complexity index is 9430. The van der Waals surface area contributed by atoms with Gasteiger partial charge in [-0.3, -0.25) is 0 Å². The highest BCUT2D eigenvalue weighted by atomic mass is 15.2. The highest BCUT2D eigenvalue weighted by molar-refractivity contribution is 6.18. The van der Waals surface area contributed by atoms with Crippen molar-refractivity contribution in [1.82, 2.24) is 0 Å². The van der Waals surface area contributed by atoms with E-state index in [-0.39, 0.29) is 16.2 Å². The molecule has 0 saturated carbocycles. The van der Waals surface area contributed by atoms with Crippen molar-refractivity contribution in [2.24, 2.45) is 0 Å². The third kappa shape index (κ3) is 14.4. The Morgan fingerprint density at radius 2 is 0.345 bits per heavy atom. The molecule has 0 atom stereocenters. The average Bonchev–Trinajstić information content (AvgIpc) is 1.24. The van der Waals surface area contributed by atoms with Gasteiger partial charge in [0.15, 0.2) is 0 Å². The number of hydrogen-bond donors (Lipinski definition) is 0. The summed E-state index contributed by atoms with van der Waals surface area (Å²) in [5, 5.41) is 24.9. The van der Waals surface area contributed by atoms with Gasteiger partial charge in [0.1, 0.15) is 0 Å². The summed E-state index contributed by atoms with van der Waals surface area (Å²) in [6.45, 7) is 14.2. The molecule has 0 heterocycles. The second-order valence-electron chi connectivity index (χ2n) is 40.2. The van der Waals surface area contributed by atoms with Crippen LogP contribution < -0.4 is 14.7 Å². The van der Waals surface area contributed by atoms with Gasteiger partial charge >= 0.3 is 0 Å². The summed E-state index contributed by atoms with van der Waals surface area (Å²) in [5.74, 6) is 0. The van der Waals surface area contributed by atoms with E-state index in [0.717, 1.165) is 22.7 Å². The van der Waals surface area contributed by atoms with Gasteiger partial charge in [-0.25, -0.2) is 0 Å². The largest absolute Gasteiger partial charge is 0.310 e. The van der Waals surface area contributed by atoms with E-state index in [1.165, 1.54) is 236 Å². The van der Waals surface area contributed by atoms with Crippen molar-refractivity contribution in [1.29, 1.82) is 0 Å². The fourth-order valence-electron chi connectivity index (χ4n) is 23.7. The maximum atomic E-state index is 2.48. The molecule has 3 aliphatic carbocycles. The van der Waals surface area contributed by atoms with Crippen LogP contribution in [0.1, 0.15) is 74.9 Å². The first-order valence-electron chi connectivity index (χ1n) is 49.7. The molecule has 3 nitrogen and oxygen atoms in total. The van der Waals surface area contributed by atoms with E-state index in [2.05, 4.69) is 560 Å². The third-order valence-corrected chi connectivity index (χ3v) is 31.0. The average molecular weight is 1810 g/mol. The molecule has 0 bridgehead atoms. The Hall–Kier alpha value is -17.5. The van der Waals surface area contributed by atoms with Crippen LogP contribution in [0, 0.1) is 0 Å². The lowest BCUT2D eigenvalue weighted by Gasteiger charge is -2.30. The summed E-state index contributed by atoms with van der Waals surface area (Å²) in [4.78, 5) is 7.43. The molecule has 672 valence electrons. The molecule has 0 saturated heterocycles. The van der Waals surface area contributed by atoms with E-state index >= 15 is 0 Å². The molecule has 3 heteroatoms. The zero-order chi connectivity index (χ0) is 95.1. The van der Waals surface area contributed by atoms with Crippen LogP contribution in [0.4, 0.5) is 51.2 Å². The normalized spacial score (nSPS) is 13.2. The molecule has 0 spiro atoms. The molecular formula is C139H101N3. The minimum Gasteiger partial charge on any atom is -0.310 e. The van der Waals surface area contributed by atoms with Crippen molar-refractivity contribution >= 4 is 159 Å². The van der Waals surface area contributed by atoms with Crippen LogP contribution in [0.5, 0.6) is 0 Å². The van der Waals surface area contributed by atoms with Gasteiger partial charge in [-0.2, -0.15) is 0 Å². The maximum Gasteiger partial charge on any atom is 0.0546 e. The number of fused-ring (bicyclic) bond motifs is 22. The SMILES string of the molecule is CC1(C)c2ccccc2-c2ccc(N(c3ccc4cc(-c5ccccc5)ccc4c3)c3cc4ccccc4c4ccccc34)cc21.CC1(C)c2ccccc2-c2ccc(N(c3ccc4ccc(-c5ccc6ccccc6c5)cc4c3)c3cc4ccccc4c4ccccc34)cc21.CC1(C)c2ccccc2-c2ccc(N(c3ccc4ccc(-c5ccccc5)cc4c3)c3cc4ccccc4c4ccccc34)cc21. The Morgan fingerprint density at radius 1 is 0.127 bits per heavy atom. The van der Waals surface area contributed by atoms with Gasteiger partial charge in [0.05, 0.1) is 17.1 Å². The summed E-state index contributed by atoms with van der Waals surface area (Å²) >= 11 is 0. The zero-order valence-corrected chi connectivity index (χ0v) is 80.3. The molecule has 0 fully saturated rings. The van der Waals surface area contributed by atoms with Crippen molar-refractivity contribution in [2.75, 3.05) is 14.7 Å². The van der Waals surface area contributed by atoms with Gasteiger partial charge in [-0.05, 0) is 307 Å². The maximum absolute atomic E-state index is 2.48. The zero-order valence-electron chi connectivity index (χ0n) is 80.3. The van der Waals surface area contributed by atoms with Crippen molar-refractivity contribution in [3.63, 3.8) is 0 Å². The van der Waals surface area contributed by atoms with Gasteiger partial charge in [0.25, 0.3) is 0 Å².